The maximum atomic E-state index is 13.7. The molecule has 1 N–H and O–H groups in total. The number of rotatable bonds is 6. The highest BCUT2D eigenvalue weighted by molar-refractivity contribution is 5.83. The predicted octanol–water partition coefficient (Wildman–Crippen LogP) is 4.68. The Morgan fingerprint density at radius 3 is 2.51 bits per heavy atom. The molecule has 5 nitrogen and oxygen atoms in total. The van der Waals surface area contributed by atoms with Crippen molar-refractivity contribution >= 4 is 5.91 Å². The number of amides is 1. The Kier molecular flexibility index (Phi) is 6.23. The first-order chi connectivity index (χ1) is 16.9. The van der Waals surface area contributed by atoms with Gasteiger partial charge in [0.05, 0.1) is 30.1 Å². The SMILES string of the molecule is C[C@@H]1C2=C(CC[C@H]2C(=O)N(CCO)Cc2cc(F)cc(F)c2)Cc2c1cnn2-c1ccc(F)cc1. The van der Waals surface area contributed by atoms with Gasteiger partial charge in [-0.1, -0.05) is 18.1 Å². The number of fused-ring (bicyclic) bond motifs is 1. The van der Waals surface area contributed by atoms with Gasteiger partial charge in [0.2, 0.25) is 5.91 Å². The summed E-state index contributed by atoms with van der Waals surface area (Å²) in [6, 6.07) is 9.41. The largest absolute Gasteiger partial charge is 0.395 e. The number of aliphatic hydroxyl groups excluding tert-OH is 1. The first-order valence-corrected chi connectivity index (χ1v) is 11.7. The Morgan fingerprint density at radius 2 is 1.83 bits per heavy atom. The van der Waals surface area contributed by atoms with Gasteiger partial charge in [-0.15, -0.1) is 0 Å². The number of halogens is 3. The van der Waals surface area contributed by atoms with Crippen molar-refractivity contribution in [1.82, 2.24) is 14.7 Å². The van der Waals surface area contributed by atoms with E-state index in [0.717, 1.165) is 35.0 Å². The van der Waals surface area contributed by atoms with Gasteiger partial charge in [0.25, 0.3) is 0 Å². The molecule has 0 spiro atoms. The molecule has 1 amide bonds. The molecule has 2 atom stereocenters. The summed E-state index contributed by atoms with van der Waals surface area (Å²) in [4.78, 5) is 15.1. The van der Waals surface area contributed by atoms with Crippen LogP contribution in [0.5, 0.6) is 0 Å². The molecule has 0 aliphatic heterocycles. The summed E-state index contributed by atoms with van der Waals surface area (Å²) < 4.78 is 42.6. The van der Waals surface area contributed by atoms with Crippen LogP contribution in [0, 0.1) is 23.4 Å². The Balaban J connectivity index is 1.41. The van der Waals surface area contributed by atoms with Crippen LogP contribution >= 0.6 is 0 Å². The van der Waals surface area contributed by atoms with Gasteiger partial charge in [-0.25, -0.2) is 17.9 Å². The van der Waals surface area contributed by atoms with Crippen molar-refractivity contribution in [3.63, 3.8) is 0 Å². The van der Waals surface area contributed by atoms with Crippen LogP contribution in [0.25, 0.3) is 5.69 Å². The van der Waals surface area contributed by atoms with Crippen LogP contribution in [0.2, 0.25) is 0 Å². The van der Waals surface area contributed by atoms with Crippen molar-refractivity contribution in [2.24, 2.45) is 5.92 Å². The number of aliphatic hydroxyl groups is 1. The highest BCUT2D eigenvalue weighted by Gasteiger charge is 2.40. The maximum Gasteiger partial charge on any atom is 0.230 e. The van der Waals surface area contributed by atoms with Gasteiger partial charge in [-0.05, 0) is 54.8 Å². The monoisotopic (exact) mass is 481 g/mol. The molecule has 0 unspecified atom stereocenters. The lowest BCUT2D eigenvalue weighted by Gasteiger charge is -2.30. The van der Waals surface area contributed by atoms with Crippen molar-refractivity contribution in [1.29, 1.82) is 0 Å². The van der Waals surface area contributed by atoms with E-state index in [9.17, 15) is 23.1 Å². The number of nitrogens with zero attached hydrogens (tertiary/aromatic N) is 3. The van der Waals surface area contributed by atoms with Gasteiger partial charge in [-0.3, -0.25) is 4.79 Å². The van der Waals surface area contributed by atoms with Crippen LogP contribution < -0.4 is 0 Å². The number of aromatic nitrogens is 2. The summed E-state index contributed by atoms with van der Waals surface area (Å²) in [6.45, 7) is 1.92. The minimum Gasteiger partial charge on any atom is -0.395 e. The summed E-state index contributed by atoms with van der Waals surface area (Å²) >= 11 is 0. The third kappa shape index (κ3) is 4.38. The first-order valence-electron chi connectivity index (χ1n) is 11.7. The molecule has 35 heavy (non-hydrogen) atoms. The zero-order valence-electron chi connectivity index (χ0n) is 19.3. The van der Waals surface area contributed by atoms with Gasteiger partial charge in [0, 0.05) is 37.1 Å². The van der Waals surface area contributed by atoms with E-state index in [4.69, 9.17) is 0 Å². The van der Waals surface area contributed by atoms with Gasteiger partial charge in [0.15, 0.2) is 0 Å². The van der Waals surface area contributed by atoms with Crippen molar-refractivity contribution in [2.45, 2.75) is 38.6 Å². The third-order valence-corrected chi connectivity index (χ3v) is 7.08. The molecular formula is C27H26F3N3O2. The zero-order valence-corrected chi connectivity index (χ0v) is 19.3. The lowest BCUT2D eigenvalue weighted by Crippen LogP contribution is -2.38. The van der Waals surface area contributed by atoms with Gasteiger partial charge in [0.1, 0.15) is 17.5 Å². The van der Waals surface area contributed by atoms with Crippen LogP contribution in [0.3, 0.4) is 0 Å². The number of hydrogen-bond donors (Lipinski definition) is 1. The average Bonchev–Trinajstić information content (AvgIpc) is 3.43. The van der Waals surface area contributed by atoms with E-state index in [0.29, 0.717) is 18.4 Å². The number of benzene rings is 2. The van der Waals surface area contributed by atoms with E-state index in [2.05, 4.69) is 12.0 Å². The Labute approximate surface area is 201 Å². The average molecular weight is 482 g/mol. The van der Waals surface area contributed by atoms with Crippen LogP contribution in [-0.2, 0) is 17.8 Å². The molecule has 2 aliphatic carbocycles. The van der Waals surface area contributed by atoms with Crippen LogP contribution in [0.1, 0.15) is 42.5 Å². The lowest BCUT2D eigenvalue weighted by molar-refractivity contribution is -0.135. The molecule has 0 fully saturated rings. The van der Waals surface area contributed by atoms with Gasteiger partial charge in [-0.2, -0.15) is 5.10 Å². The topological polar surface area (TPSA) is 58.4 Å². The van der Waals surface area contributed by atoms with E-state index in [1.54, 1.807) is 12.1 Å². The number of carbonyl (C=O) groups is 1. The molecule has 5 rings (SSSR count). The van der Waals surface area contributed by atoms with E-state index in [1.807, 2.05) is 10.9 Å². The molecule has 0 saturated carbocycles. The second-order valence-corrected chi connectivity index (χ2v) is 9.24. The van der Waals surface area contributed by atoms with Gasteiger partial charge >= 0.3 is 0 Å². The van der Waals surface area contributed by atoms with Crippen molar-refractivity contribution in [3.05, 3.63) is 94.1 Å². The molecule has 0 saturated heterocycles. The molecule has 0 bridgehead atoms. The van der Waals surface area contributed by atoms with Crippen LogP contribution in [0.15, 0.2) is 59.8 Å². The minimum atomic E-state index is -0.700. The molecule has 8 heteroatoms. The van der Waals surface area contributed by atoms with Crippen LogP contribution in [-0.4, -0.2) is 38.8 Å². The summed E-state index contributed by atoms with van der Waals surface area (Å²) in [5, 5.41) is 14.1. The van der Waals surface area contributed by atoms with E-state index < -0.39 is 11.6 Å². The molecule has 182 valence electrons. The van der Waals surface area contributed by atoms with Crippen LogP contribution in [0.4, 0.5) is 13.2 Å². The molecule has 2 aromatic carbocycles. The molecule has 1 aromatic heterocycles. The standard InChI is InChI=1S/C27H26F3N3O2/c1-16-24-14-31-33(22-5-3-19(28)4-6-22)25(24)12-18-2-7-23(26(16)18)27(35)32(8-9-34)15-17-10-20(29)13-21(30)11-17/h3-6,10-11,13-14,16,23,34H,2,7-9,12,15H2,1H3/t16-,23+/m0/s1. The second kappa shape index (κ2) is 9.34. The Bertz CT molecular complexity index is 1280. The maximum absolute atomic E-state index is 13.7. The summed E-state index contributed by atoms with van der Waals surface area (Å²) in [7, 11) is 0. The number of carbonyl (C=O) groups excluding carboxylic acids is 1. The molecular weight excluding hydrogens is 455 g/mol. The van der Waals surface area contributed by atoms with E-state index >= 15 is 0 Å². The molecule has 1 heterocycles. The van der Waals surface area contributed by atoms with Crippen molar-refractivity contribution in [3.8, 4) is 5.69 Å². The fourth-order valence-electron chi connectivity index (χ4n) is 5.55. The summed E-state index contributed by atoms with van der Waals surface area (Å²) in [6.07, 6.45) is 3.90. The second-order valence-electron chi connectivity index (χ2n) is 9.24. The zero-order chi connectivity index (χ0) is 24.7. The molecule has 2 aliphatic rings. The minimum absolute atomic E-state index is 0.0231. The molecule has 0 radical (unpaired) electrons. The fourth-order valence-corrected chi connectivity index (χ4v) is 5.55. The highest BCUT2D eigenvalue weighted by Crippen LogP contribution is 2.47. The first kappa shape index (κ1) is 23.4. The van der Waals surface area contributed by atoms with Crippen molar-refractivity contribution < 1.29 is 23.1 Å². The summed E-state index contributed by atoms with van der Waals surface area (Å²) in [5.74, 6) is -2.23. The summed E-state index contributed by atoms with van der Waals surface area (Å²) in [5.41, 5.74) is 5.48. The molecule has 3 aromatic rings. The lowest BCUT2D eigenvalue weighted by atomic mass is 9.79. The third-order valence-electron chi connectivity index (χ3n) is 7.08. The quantitative estimate of drug-likeness (QED) is 0.521. The number of allylic oxidation sites excluding steroid dienone is 1. The van der Waals surface area contributed by atoms with E-state index in [1.165, 1.54) is 34.7 Å². The Morgan fingerprint density at radius 1 is 1.11 bits per heavy atom. The highest BCUT2D eigenvalue weighted by atomic mass is 19.1. The van der Waals surface area contributed by atoms with E-state index in [-0.39, 0.29) is 43.3 Å². The Hall–Kier alpha value is -3.39. The predicted molar refractivity (Wildman–Crippen MR) is 124 cm³/mol. The normalized spacial score (nSPS) is 19.0. The smallest absolute Gasteiger partial charge is 0.230 e. The van der Waals surface area contributed by atoms with Gasteiger partial charge < -0.3 is 10.0 Å². The van der Waals surface area contributed by atoms with Crippen molar-refractivity contribution in [2.75, 3.05) is 13.2 Å². The fraction of sp³-hybridized carbons (Fsp3) is 0.333. The number of hydrogen-bond acceptors (Lipinski definition) is 3.